The summed E-state index contributed by atoms with van der Waals surface area (Å²) in [5.41, 5.74) is 11.9. The number of anilines is 1. The molecule has 12 rings (SSSR count). The van der Waals surface area contributed by atoms with Gasteiger partial charge in [-0.15, -0.1) is 0 Å². The Morgan fingerprint density at radius 1 is 0.515 bits per heavy atom. The number of hydrogen-bond donors (Lipinski definition) is 7. The van der Waals surface area contributed by atoms with Crippen molar-refractivity contribution in [2.45, 2.75) is 48.5 Å². The maximum Gasteiger partial charge on any atom is 0.344 e. The topological polar surface area (TPSA) is 292 Å². The smallest absolute Gasteiger partial charge is 0.344 e. The fourth-order valence-electron chi connectivity index (χ4n) is 9.57. The number of carbonyl (C=O) groups is 4. The van der Waals surface area contributed by atoms with E-state index in [4.69, 9.17) is 9.47 Å². The Balaban J connectivity index is 0.000000157. The van der Waals surface area contributed by atoms with Crippen LogP contribution >= 0.6 is 47.0 Å². The van der Waals surface area contributed by atoms with Gasteiger partial charge in [0.05, 0.1) is 59.8 Å². The van der Waals surface area contributed by atoms with Gasteiger partial charge >= 0.3 is 11.9 Å². The van der Waals surface area contributed by atoms with Crippen molar-refractivity contribution in [3.8, 4) is 17.2 Å². The molecular weight excluding hydrogens is 1360 g/mol. The van der Waals surface area contributed by atoms with Crippen LogP contribution < -0.4 is 10.6 Å². The predicted molar refractivity (Wildman–Crippen MR) is 408 cm³/mol. The standard InChI is InChI=1S/C21H19NO4S.C20H17NO4S.C19H16N2O3S.C18H16N2O2S/c1-3-26-21(25)18-19(24)17(12-14-5-4-6-16(23)11-14)27-20(18)22-15-9-7-13(2)8-10-15;1-2-25-20(24)17-18(23)16(12-13-7-6-10-15(22)11-13)26-19(17)21-14-8-4-3-5-9-14;1-12-4-3-5-16(13(12)2)20-19-11-17(22)18(25-19)10-14-6-8-15(9-7-14)21(23)24;1-11-6-7-15(12(2)8-11)19-18-20-17(22)16(23-18)10-13-4-3-5-14(21)9-13/h4-12,23-24H,3H2,1-2H3;3-12,22-23H,2H2,1H3;3-11,20H,1-2H3;3-10,21H,1-2H3,(H,19,20,22)/b17-12-,22-20?;16-12-,21-19?;18-10-;16-10-. The number of aliphatic imine (C=N–C) groups is 3. The van der Waals surface area contributed by atoms with Gasteiger partial charge in [-0.05, 0) is 208 Å². The molecule has 0 unspecified atom stereocenters. The summed E-state index contributed by atoms with van der Waals surface area (Å²) in [7, 11) is 0. The largest absolute Gasteiger partial charge is 0.508 e. The fourth-order valence-corrected chi connectivity index (χ4v) is 13.4. The Kier molecular flexibility index (Phi) is 25.5. The number of para-hydroxylation sites is 1. The number of thioether (sulfide) groups is 4. The lowest BCUT2D eigenvalue weighted by Gasteiger charge is -2.11. The zero-order valence-electron chi connectivity index (χ0n) is 55.6. The van der Waals surface area contributed by atoms with Crippen molar-refractivity contribution < 1.29 is 59.1 Å². The number of aryl methyl sites for hydroxylation is 4. The molecule has 0 aromatic heterocycles. The SMILES string of the molecule is CCOC(=O)C1=C(O)/C(=C/c2cccc(O)c2)SC1=Nc1ccc(C)cc1.CCOC(=O)C1=C(O)/C(=C/c2cccc(O)c2)SC1=Nc1ccccc1.Cc1ccc(N=C2NC(=O)/C(=C/c3cccc(O)c3)S2)c(C)c1.Cc1cccc(NC2=CC(=O)/C(=C/c3ccc([N+](=O)[O-])cc3)S2)c1C. The van der Waals surface area contributed by atoms with Crippen molar-refractivity contribution in [3.63, 3.8) is 0 Å². The number of ketones is 1. The number of amidine groups is 1. The molecule has 0 atom stereocenters. The first-order valence-corrected chi connectivity index (χ1v) is 34.6. The van der Waals surface area contributed by atoms with Gasteiger partial charge in [0, 0.05) is 23.9 Å². The number of nitrogens with zero attached hydrogens (tertiary/aromatic N) is 4. The number of nitro groups is 1. The summed E-state index contributed by atoms with van der Waals surface area (Å²) in [5, 5.41) is 68.7. The lowest BCUT2D eigenvalue weighted by Crippen LogP contribution is -2.19. The number of esters is 2. The maximum atomic E-state index is 12.4. The molecule has 8 aromatic rings. The highest BCUT2D eigenvalue weighted by Gasteiger charge is 2.35. The van der Waals surface area contributed by atoms with Gasteiger partial charge < -0.3 is 45.6 Å². The number of non-ortho nitro benzene ring substituents is 1. The van der Waals surface area contributed by atoms with E-state index in [1.807, 2.05) is 126 Å². The van der Waals surface area contributed by atoms with Crippen LogP contribution in [-0.2, 0) is 28.7 Å². The number of nitrogens with one attached hydrogen (secondary N) is 2. The summed E-state index contributed by atoms with van der Waals surface area (Å²) in [6, 6.07) is 54.9. The van der Waals surface area contributed by atoms with E-state index in [9.17, 15) is 54.8 Å². The molecule has 1 saturated heterocycles. The summed E-state index contributed by atoms with van der Waals surface area (Å²) in [4.78, 5) is 74.7. The average molecular weight is 1430 g/mol. The van der Waals surface area contributed by atoms with E-state index in [-0.39, 0.29) is 70.5 Å². The summed E-state index contributed by atoms with van der Waals surface area (Å²) < 4.78 is 10.1. The highest BCUT2D eigenvalue weighted by atomic mass is 32.2. The van der Waals surface area contributed by atoms with E-state index in [0.717, 1.165) is 44.2 Å². The highest BCUT2D eigenvalue weighted by Crippen LogP contribution is 2.43. The summed E-state index contributed by atoms with van der Waals surface area (Å²) >= 11 is 5.02. The molecule has 0 bridgehead atoms. The van der Waals surface area contributed by atoms with Gasteiger partial charge in [-0.1, -0.05) is 137 Å². The third-order valence-electron chi connectivity index (χ3n) is 14.7. The molecule has 19 nitrogen and oxygen atoms in total. The number of aliphatic hydroxyl groups is 2. The van der Waals surface area contributed by atoms with Crippen molar-refractivity contribution in [3.05, 3.63) is 302 Å². The molecule has 4 aliphatic heterocycles. The number of nitro benzene ring substituents is 1. The molecule has 512 valence electrons. The number of rotatable bonds is 14. The third-order valence-corrected chi connectivity index (χ3v) is 18.6. The first kappa shape index (κ1) is 73.9. The number of benzene rings is 8. The molecule has 4 heterocycles. The predicted octanol–water partition coefficient (Wildman–Crippen LogP) is 18.2. The second-order valence-corrected chi connectivity index (χ2v) is 26.6. The van der Waals surface area contributed by atoms with Crippen LogP contribution in [0.4, 0.5) is 28.4 Å². The molecule has 101 heavy (non-hydrogen) atoms. The van der Waals surface area contributed by atoms with Gasteiger partial charge in [0.25, 0.3) is 11.6 Å². The van der Waals surface area contributed by atoms with Crippen molar-refractivity contribution in [2.24, 2.45) is 15.0 Å². The molecule has 4 aliphatic rings. The Labute approximate surface area is 600 Å². The molecule has 8 aromatic carbocycles. The van der Waals surface area contributed by atoms with Gasteiger partial charge in [0.15, 0.2) is 11.0 Å². The molecule has 0 radical (unpaired) electrons. The highest BCUT2D eigenvalue weighted by molar-refractivity contribution is 8.19. The van der Waals surface area contributed by atoms with E-state index < -0.39 is 16.9 Å². The van der Waals surface area contributed by atoms with Crippen LogP contribution in [0.3, 0.4) is 0 Å². The summed E-state index contributed by atoms with van der Waals surface area (Å²) in [6.07, 6.45) is 8.43. The van der Waals surface area contributed by atoms with Crippen molar-refractivity contribution in [1.29, 1.82) is 0 Å². The van der Waals surface area contributed by atoms with Crippen LogP contribution in [0.1, 0.15) is 63.9 Å². The second-order valence-electron chi connectivity index (χ2n) is 22.4. The van der Waals surface area contributed by atoms with E-state index in [0.29, 0.717) is 57.4 Å². The zero-order chi connectivity index (χ0) is 72.3. The van der Waals surface area contributed by atoms with Crippen LogP contribution in [0.2, 0.25) is 0 Å². The fraction of sp³-hybridized carbons (Fsp3) is 0.115. The number of phenols is 3. The summed E-state index contributed by atoms with van der Waals surface area (Å²) in [6.45, 7) is 13.9. The normalized spacial score (nSPS) is 16.8. The Hall–Kier alpha value is -11.4. The van der Waals surface area contributed by atoms with E-state index in [2.05, 4.69) is 31.7 Å². The average Bonchev–Trinajstić information content (AvgIpc) is 1.67. The number of allylic oxidation sites excluding steroid dienone is 2. The van der Waals surface area contributed by atoms with Gasteiger partial charge in [-0.3, -0.25) is 19.7 Å². The Morgan fingerprint density at radius 2 is 1.01 bits per heavy atom. The third kappa shape index (κ3) is 20.6. The number of carbonyl (C=O) groups excluding carboxylic acids is 4. The van der Waals surface area contributed by atoms with Gasteiger partial charge in [0.2, 0.25) is 0 Å². The van der Waals surface area contributed by atoms with Gasteiger partial charge in [-0.2, -0.15) is 0 Å². The van der Waals surface area contributed by atoms with Crippen LogP contribution in [0.25, 0.3) is 24.3 Å². The zero-order valence-corrected chi connectivity index (χ0v) is 58.9. The first-order chi connectivity index (χ1) is 48.5. The number of aliphatic hydroxyl groups excluding tert-OH is 2. The number of phenolic OH excluding ortho intramolecular Hbond substituents is 3. The number of aromatic hydroxyl groups is 3. The Morgan fingerprint density at radius 3 is 1.51 bits per heavy atom. The lowest BCUT2D eigenvalue weighted by molar-refractivity contribution is -0.384. The minimum absolute atomic E-state index is 0.0305. The monoisotopic (exact) mass is 1420 g/mol. The lowest BCUT2D eigenvalue weighted by atomic mass is 10.1. The molecular formula is C78H68N6O13S4. The molecule has 0 saturated carbocycles. The van der Waals surface area contributed by atoms with Crippen molar-refractivity contribution in [2.75, 3.05) is 18.5 Å². The number of amides is 1. The molecule has 1 amide bonds. The van der Waals surface area contributed by atoms with E-state index >= 15 is 0 Å². The first-order valence-electron chi connectivity index (χ1n) is 31.3. The molecule has 7 N–H and O–H groups in total. The molecule has 1 fully saturated rings. The van der Waals surface area contributed by atoms with Crippen molar-refractivity contribution >= 4 is 139 Å². The summed E-state index contributed by atoms with van der Waals surface area (Å²) in [5.74, 6) is -1.42. The van der Waals surface area contributed by atoms with E-state index in [1.165, 1.54) is 70.3 Å². The van der Waals surface area contributed by atoms with Crippen molar-refractivity contribution in [1.82, 2.24) is 5.32 Å². The second kappa shape index (κ2) is 34.9. The minimum atomic E-state index is -0.619. The number of hydrogen-bond acceptors (Lipinski definition) is 21. The Bertz CT molecular complexity index is 4840. The minimum Gasteiger partial charge on any atom is -0.508 e. The van der Waals surface area contributed by atoms with Crippen LogP contribution in [0.5, 0.6) is 17.2 Å². The molecule has 0 spiro atoms. The van der Waals surface area contributed by atoms with Crippen LogP contribution in [0.15, 0.2) is 256 Å². The maximum absolute atomic E-state index is 12.4. The molecule has 23 heteroatoms. The van der Waals surface area contributed by atoms with Crippen LogP contribution in [-0.4, -0.2) is 82.6 Å². The van der Waals surface area contributed by atoms with Gasteiger partial charge in [0.1, 0.15) is 50.0 Å². The number of ether oxygens (including phenoxy) is 2. The van der Waals surface area contributed by atoms with Gasteiger partial charge in [-0.25, -0.2) is 24.6 Å². The quantitative estimate of drug-likeness (QED) is 0.0230. The van der Waals surface area contributed by atoms with E-state index in [1.54, 1.807) is 123 Å². The molecule has 0 aliphatic carbocycles. The van der Waals surface area contributed by atoms with Crippen LogP contribution in [0, 0.1) is 44.7 Å².